The van der Waals surface area contributed by atoms with E-state index in [1.807, 2.05) is 24.4 Å². The maximum absolute atomic E-state index is 9.81. The minimum absolute atomic E-state index is 0.367. The highest BCUT2D eigenvalue weighted by molar-refractivity contribution is 7.98. The Balaban J connectivity index is 2.23. The predicted octanol–water partition coefficient (Wildman–Crippen LogP) is 0.700. The summed E-state index contributed by atoms with van der Waals surface area (Å²) in [6.07, 6.45) is 4.89. The van der Waals surface area contributed by atoms with Crippen molar-refractivity contribution in [2.45, 2.75) is 6.10 Å². The molecule has 0 radical (unpaired) electrons. The van der Waals surface area contributed by atoms with E-state index in [1.165, 1.54) is 6.33 Å². The van der Waals surface area contributed by atoms with E-state index in [0.29, 0.717) is 18.1 Å². The van der Waals surface area contributed by atoms with Gasteiger partial charge in [0.25, 0.3) is 0 Å². The van der Waals surface area contributed by atoms with Gasteiger partial charge in [-0.25, -0.2) is 9.97 Å². The van der Waals surface area contributed by atoms with Crippen LogP contribution in [-0.2, 0) is 0 Å². The SMILES string of the molecule is CSC[C@@H](O)CN(C)c1c[nH]c2c(N)ncnc12. The van der Waals surface area contributed by atoms with Gasteiger partial charge in [-0.2, -0.15) is 11.8 Å². The Morgan fingerprint density at radius 1 is 1.56 bits per heavy atom. The van der Waals surface area contributed by atoms with E-state index < -0.39 is 0 Å². The van der Waals surface area contributed by atoms with E-state index in [-0.39, 0.29) is 6.10 Å². The summed E-state index contributed by atoms with van der Waals surface area (Å²) in [6, 6.07) is 0. The zero-order valence-electron chi connectivity index (χ0n) is 10.4. The van der Waals surface area contributed by atoms with E-state index in [0.717, 1.165) is 16.7 Å². The average Bonchev–Trinajstić information content (AvgIpc) is 2.74. The topological polar surface area (TPSA) is 91.1 Å². The molecule has 2 aromatic heterocycles. The zero-order valence-corrected chi connectivity index (χ0v) is 11.2. The Morgan fingerprint density at radius 3 is 3.06 bits per heavy atom. The number of nitrogens with zero attached hydrogens (tertiary/aromatic N) is 3. The lowest BCUT2D eigenvalue weighted by Crippen LogP contribution is -2.30. The van der Waals surface area contributed by atoms with Gasteiger partial charge in [-0.15, -0.1) is 0 Å². The van der Waals surface area contributed by atoms with Crippen molar-refractivity contribution >= 4 is 34.3 Å². The van der Waals surface area contributed by atoms with Crippen LogP contribution < -0.4 is 10.6 Å². The highest BCUT2D eigenvalue weighted by Crippen LogP contribution is 2.26. The first-order valence-electron chi connectivity index (χ1n) is 5.59. The molecule has 0 aromatic carbocycles. The molecular weight excluding hydrogens is 250 g/mol. The number of aliphatic hydroxyl groups is 1. The third-order valence-corrected chi connectivity index (χ3v) is 3.45. The first kappa shape index (κ1) is 13.0. The Kier molecular flexibility index (Phi) is 3.93. The zero-order chi connectivity index (χ0) is 13.1. The lowest BCUT2D eigenvalue weighted by atomic mass is 10.3. The lowest BCUT2D eigenvalue weighted by Gasteiger charge is -2.21. The van der Waals surface area contributed by atoms with Crippen molar-refractivity contribution in [3.05, 3.63) is 12.5 Å². The maximum atomic E-state index is 9.81. The molecule has 1 atom stereocenters. The summed E-state index contributed by atoms with van der Waals surface area (Å²) >= 11 is 1.62. The van der Waals surface area contributed by atoms with Gasteiger partial charge < -0.3 is 20.7 Å². The molecule has 0 aliphatic carbocycles. The molecular formula is C11H17N5OS. The summed E-state index contributed by atoms with van der Waals surface area (Å²) in [5.41, 5.74) is 8.19. The molecule has 98 valence electrons. The molecule has 2 rings (SSSR count). The van der Waals surface area contributed by atoms with E-state index in [4.69, 9.17) is 5.73 Å². The Hall–Kier alpha value is -1.47. The van der Waals surface area contributed by atoms with Gasteiger partial charge in [-0.3, -0.25) is 0 Å². The third kappa shape index (κ3) is 2.51. The number of nitrogens with two attached hydrogens (primary N) is 1. The van der Waals surface area contributed by atoms with Gasteiger partial charge >= 0.3 is 0 Å². The van der Waals surface area contributed by atoms with Gasteiger partial charge in [0.2, 0.25) is 0 Å². The van der Waals surface area contributed by atoms with Gasteiger partial charge in [-0.05, 0) is 6.26 Å². The number of hydrogen-bond acceptors (Lipinski definition) is 6. The number of likely N-dealkylation sites (N-methyl/N-ethyl adjacent to an activating group) is 1. The smallest absolute Gasteiger partial charge is 0.151 e. The van der Waals surface area contributed by atoms with Crippen molar-refractivity contribution in [2.75, 3.05) is 36.2 Å². The number of aromatic nitrogens is 3. The second-order valence-electron chi connectivity index (χ2n) is 4.15. The fourth-order valence-corrected chi connectivity index (χ4v) is 2.39. The molecule has 0 amide bonds. The van der Waals surface area contributed by atoms with Gasteiger partial charge in [-0.1, -0.05) is 0 Å². The molecule has 0 aliphatic heterocycles. The van der Waals surface area contributed by atoms with Crippen LogP contribution in [0.5, 0.6) is 0 Å². The van der Waals surface area contributed by atoms with Crippen molar-refractivity contribution in [1.82, 2.24) is 15.0 Å². The summed E-state index contributed by atoms with van der Waals surface area (Å²) in [6.45, 7) is 0.553. The maximum Gasteiger partial charge on any atom is 0.151 e. The monoisotopic (exact) mass is 267 g/mol. The molecule has 0 spiro atoms. The predicted molar refractivity (Wildman–Crippen MR) is 76.0 cm³/mol. The summed E-state index contributed by atoms with van der Waals surface area (Å²) in [5.74, 6) is 1.15. The van der Waals surface area contributed by atoms with Crippen LogP contribution >= 0.6 is 11.8 Å². The number of nitrogens with one attached hydrogen (secondary N) is 1. The minimum atomic E-state index is -0.367. The van der Waals surface area contributed by atoms with Crippen LogP contribution in [0.1, 0.15) is 0 Å². The van der Waals surface area contributed by atoms with Gasteiger partial charge in [0.05, 0.1) is 11.8 Å². The van der Waals surface area contributed by atoms with Gasteiger partial charge in [0, 0.05) is 25.5 Å². The number of hydrogen-bond donors (Lipinski definition) is 3. The molecule has 2 heterocycles. The van der Waals surface area contributed by atoms with Crippen LogP contribution in [0.2, 0.25) is 0 Å². The number of H-pyrrole nitrogens is 1. The highest BCUT2D eigenvalue weighted by Gasteiger charge is 2.14. The van der Waals surface area contributed by atoms with Crippen molar-refractivity contribution < 1.29 is 5.11 Å². The molecule has 0 aliphatic rings. The number of nitrogen functional groups attached to an aromatic ring is 1. The molecule has 0 unspecified atom stereocenters. The normalized spacial score (nSPS) is 12.8. The molecule has 0 bridgehead atoms. The van der Waals surface area contributed by atoms with E-state index in [2.05, 4.69) is 15.0 Å². The highest BCUT2D eigenvalue weighted by atomic mass is 32.2. The van der Waals surface area contributed by atoms with Crippen molar-refractivity contribution in [3.63, 3.8) is 0 Å². The number of anilines is 2. The molecule has 18 heavy (non-hydrogen) atoms. The molecule has 0 saturated heterocycles. The van der Waals surface area contributed by atoms with Gasteiger partial charge in [0.1, 0.15) is 17.4 Å². The standard InChI is InChI=1S/C11H17N5OS/c1-16(4-7(17)5-18-2)8-3-13-10-9(8)14-6-15-11(10)12/h3,6-7,13,17H,4-5H2,1-2H3,(H2,12,14,15)/t7-/m0/s1. The summed E-state index contributed by atoms with van der Waals surface area (Å²) < 4.78 is 0. The van der Waals surface area contributed by atoms with Crippen LogP contribution in [0.25, 0.3) is 11.0 Å². The average molecular weight is 267 g/mol. The van der Waals surface area contributed by atoms with Crippen molar-refractivity contribution in [1.29, 1.82) is 0 Å². The van der Waals surface area contributed by atoms with Crippen molar-refractivity contribution in [2.24, 2.45) is 0 Å². The fourth-order valence-electron chi connectivity index (χ4n) is 1.90. The molecule has 7 heteroatoms. The Bertz CT molecular complexity index is 529. The second-order valence-corrected chi connectivity index (χ2v) is 5.06. The van der Waals surface area contributed by atoms with Gasteiger partial charge in [0.15, 0.2) is 5.82 Å². The molecule has 6 nitrogen and oxygen atoms in total. The first-order chi connectivity index (χ1) is 8.63. The Morgan fingerprint density at radius 2 is 2.33 bits per heavy atom. The summed E-state index contributed by atoms with van der Waals surface area (Å²) in [4.78, 5) is 13.2. The number of aliphatic hydroxyl groups excluding tert-OH is 1. The van der Waals surface area contributed by atoms with Crippen LogP contribution in [0.4, 0.5) is 11.5 Å². The minimum Gasteiger partial charge on any atom is -0.390 e. The lowest BCUT2D eigenvalue weighted by molar-refractivity contribution is 0.206. The molecule has 0 saturated carbocycles. The summed E-state index contributed by atoms with van der Waals surface area (Å²) in [5, 5.41) is 9.81. The van der Waals surface area contributed by atoms with E-state index in [9.17, 15) is 5.11 Å². The van der Waals surface area contributed by atoms with E-state index >= 15 is 0 Å². The molecule has 2 aromatic rings. The van der Waals surface area contributed by atoms with Crippen LogP contribution in [0.3, 0.4) is 0 Å². The van der Waals surface area contributed by atoms with Crippen LogP contribution in [-0.4, -0.2) is 51.8 Å². The van der Waals surface area contributed by atoms with E-state index in [1.54, 1.807) is 11.8 Å². The number of fused-ring (bicyclic) bond motifs is 1. The number of aromatic amines is 1. The Labute approximate surface area is 110 Å². The first-order valence-corrected chi connectivity index (χ1v) is 6.98. The number of thioether (sulfide) groups is 1. The van der Waals surface area contributed by atoms with Crippen LogP contribution in [0, 0.1) is 0 Å². The molecule has 0 fully saturated rings. The van der Waals surface area contributed by atoms with Crippen molar-refractivity contribution in [3.8, 4) is 0 Å². The van der Waals surface area contributed by atoms with Crippen LogP contribution in [0.15, 0.2) is 12.5 Å². The number of rotatable bonds is 5. The third-order valence-electron chi connectivity index (χ3n) is 2.73. The molecule has 4 N–H and O–H groups in total. The fraction of sp³-hybridized carbons (Fsp3) is 0.455. The quantitative estimate of drug-likeness (QED) is 0.738. The second kappa shape index (κ2) is 5.45. The summed E-state index contributed by atoms with van der Waals surface area (Å²) in [7, 11) is 1.92. The largest absolute Gasteiger partial charge is 0.390 e.